The molecule has 0 unspecified atom stereocenters. The number of amides is 1. The highest BCUT2D eigenvalue weighted by molar-refractivity contribution is 5.90. The number of hydrogen-bond donors (Lipinski definition) is 4. The van der Waals surface area contributed by atoms with E-state index in [1.54, 1.807) is 0 Å². The van der Waals surface area contributed by atoms with Crippen LogP contribution in [0, 0.1) is 0 Å². The first-order chi connectivity index (χ1) is 27.5. The van der Waals surface area contributed by atoms with E-state index >= 15 is 0 Å². The number of rotatable bonds is 14. The van der Waals surface area contributed by atoms with Gasteiger partial charge in [-0.25, -0.2) is 19.2 Å². The standard InChI is InChI=1S/C33H40N4O4.2C4H4O4/c38-32(37-19-17-35(18-20-37)24-27-11-12-30-31(23-27)41-26-40-30)25-36-15-13-34(14-16-36)21-22-39-33(28-7-3-1-4-8-28)29-9-5-2-6-10-29;2*5-3(6)1-2-4(7)8/h1-12,23,33H,13-22,24-26H2;2*1-2H,(H,5,6)(H,7,8)/b;2*2-1-. The van der Waals surface area contributed by atoms with E-state index in [0.717, 1.165) is 76.9 Å². The number of ether oxygens (including phenoxy) is 3. The van der Waals surface area contributed by atoms with Gasteiger partial charge in [0.2, 0.25) is 12.7 Å². The van der Waals surface area contributed by atoms with Gasteiger partial charge in [0.05, 0.1) is 13.2 Å². The van der Waals surface area contributed by atoms with Crippen molar-refractivity contribution >= 4 is 29.8 Å². The number of aliphatic carboxylic acids is 4. The third-order valence-corrected chi connectivity index (χ3v) is 9.03. The molecule has 2 saturated heterocycles. The summed E-state index contributed by atoms with van der Waals surface area (Å²) in [6, 6.07) is 27.0. The van der Waals surface area contributed by atoms with Crippen LogP contribution in [0.1, 0.15) is 22.8 Å². The van der Waals surface area contributed by atoms with Crippen molar-refractivity contribution in [2.75, 3.05) is 78.8 Å². The van der Waals surface area contributed by atoms with Crippen LogP contribution in [0.3, 0.4) is 0 Å². The summed E-state index contributed by atoms with van der Waals surface area (Å²) in [6.45, 7) is 10.3. The van der Waals surface area contributed by atoms with Crippen molar-refractivity contribution < 1.29 is 58.6 Å². The Labute approximate surface area is 330 Å². The van der Waals surface area contributed by atoms with E-state index in [1.807, 2.05) is 23.1 Å². The van der Waals surface area contributed by atoms with E-state index in [-0.39, 0.29) is 12.0 Å². The van der Waals surface area contributed by atoms with Crippen LogP contribution < -0.4 is 9.47 Å². The number of carbonyl (C=O) groups excluding carboxylic acids is 1. The molecule has 0 atom stereocenters. The Bertz CT molecular complexity index is 1720. The second-order valence-electron chi connectivity index (χ2n) is 13.1. The Kier molecular flexibility index (Phi) is 17.7. The molecule has 304 valence electrons. The maximum absolute atomic E-state index is 13.1. The van der Waals surface area contributed by atoms with Crippen LogP contribution in [-0.2, 0) is 35.3 Å². The molecule has 1 amide bonds. The molecule has 6 rings (SSSR count). The number of carbonyl (C=O) groups is 5. The lowest BCUT2D eigenvalue weighted by molar-refractivity contribution is -0.135. The van der Waals surface area contributed by atoms with Crippen molar-refractivity contribution in [2.45, 2.75) is 12.6 Å². The lowest BCUT2D eigenvalue weighted by Crippen LogP contribution is -2.53. The van der Waals surface area contributed by atoms with Crippen LogP contribution in [0.15, 0.2) is 103 Å². The molecule has 16 nitrogen and oxygen atoms in total. The summed E-state index contributed by atoms with van der Waals surface area (Å²) in [7, 11) is 0. The minimum atomic E-state index is -1.26. The normalized spacial score (nSPS) is 15.8. The van der Waals surface area contributed by atoms with Crippen molar-refractivity contribution in [3.8, 4) is 11.5 Å². The van der Waals surface area contributed by atoms with Gasteiger partial charge in [-0.15, -0.1) is 0 Å². The van der Waals surface area contributed by atoms with Gasteiger partial charge in [0, 0.05) is 89.8 Å². The SMILES string of the molecule is O=C(CN1CCN(CCOC(c2ccccc2)c2ccccc2)CC1)N1CCN(Cc2ccc3c(c2)OCO3)CC1.O=C(O)/C=C\C(=O)O.O=C(O)/C=C\C(=O)O. The van der Waals surface area contributed by atoms with Crippen LogP contribution in [0.2, 0.25) is 0 Å². The predicted molar refractivity (Wildman–Crippen MR) is 207 cm³/mol. The highest BCUT2D eigenvalue weighted by Gasteiger charge is 2.25. The Morgan fingerprint density at radius 2 is 1.07 bits per heavy atom. The van der Waals surface area contributed by atoms with Gasteiger partial charge in [-0.3, -0.25) is 19.5 Å². The van der Waals surface area contributed by atoms with Crippen molar-refractivity contribution in [3.05, 3.63) is 120 Å². The Hall–Kier alpha value is -6.07. The highest BCUT2D eigenvalue weighted by Crippen LogP contribution is 2.33. The second-order valence-corrected chi connectivity index (χ2v) is 13.1. The number of carboxylic acids is 4. The van der Waals surface area contributed by atoms with E-state index in [9.17, 15) is 24.0 Å². The number of hydrogen-bond acceptors (Lipinski definition) is 11. The first-order valence-electron chi connectivity index (χ1n) is 18.3. The molecule has 3 aromatic carbocycles. The fourth-order valence-electron chi connectivity index (χ4n) is 6.14. The number of fused-ring (bicyclic) bond motifs is 1. The summed E-state index contributed by atoms with van der Waals surface area (Å²) < 4.78 is 17.3. The highest BCUT2D eigenvalue weighted by atomic mass is 16.7. The third kappa shape index (κ3) is 15.9. The average molecular weight is 789 g/mol. The minimum Gasteiger partial charge on any atom is -0.478 e. The molecule has 4 N–H and O–H groups in total. The summed E-state index contributed by atoms with van der Waals surface area (Å²) in [5.74, 6) is -3.14. The third-order valence-electron chi connectivity index (χ3n) is 9.03. The molecule has 0 radical (unpaired) electrons. The number of piperazine rings is 2. The van der Waals surface area contributed by atoms with Gasteiger partial charge in [0.1, 0.15) is 6.10 Å². The molecule has 0 aromatic heterocycles. The van der Waals surface area contributed by atoms with Gasteiger partial charge in [0.25, 0.3) is 0 Å². The number of nitrogens with zero attached hydrogens (tertiary/aromatic N) is 4. The molecule has 3 heterocycles. The average Bonchev–Trinajstić information content (AvgIpc) is 3.68. The van der Waals surface area contributed by atoms with Crippen molar-refractivity contribution in [2.24, 2.45) is 0 Å². The van der Waals surface area contributed by atoms with E-state index in [4.69, 9.17) is 34.6 Å². The van der Waals surface area contributed by atoms with E-state index in [2.05, 4.69) is 75.4 Å². The minimum absolute atomic E-state index is 0.0613. The van der Waals surface area contributed by atoms with Crippen LogP contribution in [-0.4, -0.2) is 149 Å². The lowest BCUT2D eigenvalue weighted by atomic mass is 10.0. The van der Waals surface area contributed by atoms with Gasteiger partial charge in [-0.1, -0.05) is 66.7 Å². The molecule has 3 aromatic rings. The molecular weight excluding hydrogens is 740 g/mol. The first-order valence-corrected chi connectivity index (χ1v) is 18.3. The maximum Gasteiger partial charge on any atom is 0.328 e. The summed E-state index contributed by atoms with van der Waals surface area (Å²) in [6.07, 6.45) is 2.17. The Morgan fingerprint density at radius 1 is 0.596 bits per heavy atom. The van der Waals surface area contributed by atoms with E-state index < -0.39 is 23.9 Å². The quantitative estimate of drug-likeness (QED) is 0.173. The topological polar surface area (TPSA) is 207 Å². The maximum atomic E-state index is 13.1. The zero-order valence-electron chi connectivity index (χ0n) is 31.4. The van der Waals surface area contributed by atoms with Gasteiger partial charge in [-0.05, 0) is 28.8 Å². The zero-order chi connectivity index (χ0) is 41.0. The molecule has 57 heavy (non-hydrogen) atoms. The molecule has 0 bridgehead atoms. The predicted octanol–water partition coefficient (Wildman–Crippen LogP) is 2.91. The molecule has 3 aliphatic heterocycles. The molecular formula is C41H48N4O12. The lowest BCUT2D eigenvalue weighted by Gasteiger charge is -2.38. The number of benzene rings is 3. The van der Waals surface area contributed by atoms with Crippen LogP contribution >= 0.6 is 0 Å². The number of carboxylic acid groups (broad SMARTS) is 4. The van der Waals surface area contributed by atoms with Gasteiger partial charge in [-0.2, -0.15) is 0 Å². The smallest absolute Gasteiger partial charge is 0.328 e. The Balaban J connectivity index is 0.000000379. The van der Waals surface area contributed by atoms with Crippen LogP contribution in [0.4, 0.5) is 0 Å². The summed E-state index contributed by atoms with van der Waals surface area (Å²) >= 11 is 0. The van der Waals surface area contributed by atoms with Crippen molar-refractivity contribution in [3.63, 3.8) is 0 Å². The molecule has 0 aliphatic carbocycles. The van der Waals surface area contributed by atoms with Crippen LogP contribution in [0.25, 0.3) is 0 Å². The molecule has 0 saturated carbocycles. The van der Waals surface area contributed by atoms with Gasteiger partial charge >= 0.3 is 23.9 Å². The van der Waals surface area contributed by atoms with Gasteiger partial charge in [0.15, 0.2) is 11.5 Å². The van der Waals surface area contributed by atoms with Crippen molar-refractivity contribution in [1.82, 2.24) is 19.6 Å². The van der Waals surface area contributed by atoms with E-state index in [0.29, 0.717) is 44.2 Å². The fourth-order valence-corrected chi connectivity index (χ4v) is 6.14. The molecule has 0 spiro atoms. The first kappa shape index (κ1) is 43.7. The Morgan fingerprint density at radius 3 is 1.58 bits per heavy atom. The summed E-state index contributed by atoms with van der Waals surface area (Å²) in [5.41, 5.74) is 3.57. The van der Waals surface area contributed by atoms with Crippen molar-refractivity contribution in [1.29, 1.82) is 0 Å². The largest absolute Gasteiger partial charge is 0.478 e. The summed E-state index contributed by atoms with van der Waals surface area (Å²) in [5, 5.41) is 31.2. The van der Waals surface area contributed by atoms with Gasteiger partial charge < -0.3 is 39.5 Å². The molecule has 2 fully saturated rings. The zero-order valence-corrected chi connectivity index (χ0v) is 31.4. The van der Waals surface area contributed by atoms with Crippen LogP contribution in [0.5, 0.6) is 11.5 Å². The monoisotopic (exact) mass is 788 g/mol. The fraction of sp³-hybridized carbons (Fsp3) is 0.341. The molecule has 16 heteroatoms. The summed E-state index contributed by atoms with van der Waals surface area (Å²) in [4.78, 5) is 60.5. The molecule has 3 aliphatic rings. The second kappa shape index (κ2) is 23.1. The van der Waals surface area contributed by atoms with E-state index in [1.165, 1.54) is 16.7 Å².